The summed E-state index contributed by atoms with van der Waals surface area (Å²) in [5.41, 5.74) is 0. The molecular formula is C14H25NO3. The minimum Gasteiger partial charge on any atom is -0.303 e. The molecule has 0 spiro atoms. The second kappa shape index (κ2) is 12.3. The van der Waals surface area contributed by atoms with E-state index >= 15 is 0 Å². The second-order valence-corrected chi connectivity index (χ2v) is 4.58. The van der Waals surface area contributed by atoms with Crippen LogP contribution in [0.2, 0.25) is 0 Å². The highest BCUT2D eigenvalue weighted by Crippen LogP contribution is 2.08. The third kappa shape index (κ3) is 10.00. The van der Waals surface area contributed by atoms with Crippen LogP contribution in [0.3, 0.4) is 0 Å². The third-order valence-electron chi connectivity index (χ3n) is 2.93. The molecule has 0 heterocycles. The molecule has 0 amide bonds. The standard InChI is InChI=1S/C14H25NO3/c1-2-3-11-14(15(17)18)12-9-7-5-4-6-8-10-13-16/h9,12-14H,2-8,10-11H2,1H3/b12-9+. The van der Waals surface area contributed by atoms with Crippen molar-refractivity contribution in [2.24, 2.45) is 0 Å². The van der Waals surface area contributed by atoms with Crippen molar-refractivity contribution < 1.29 is 9.72 Å². The lowest BCUT2D eigenvalue weighted by molar-refractivity contribution is -0.510. The summed E-state index contributed by atoms with van der Waals surface area (Å²) in [5.74, 6) is 0. The smallest absolute Gasteiger partial charge is 0.231 e. The van der Waals surface area contributed by atoms with Gasteiger partial charge in [0.05, 0.1) is 0 Å². The van der Waals surface area contributed by atoms with Crippen LogP contribution in [0.5, 0.6) is 0 Å². The summed E-state index contributed by atoms with van der Waals surface area (Å²) >= 11 is 0. The molecule has 1 atom stereocenters. The fourth-order valence-corrected chi connectivity index (χ4v) is 1.78. The number of nitro groups is 1. The average Bonchev–Trinajstić information content (AvgIpc) is 2.35. The maximum atomic E-state index is 10.8. The molecule has 0 aromatic heterocycles. The zero-order chi connectivity index (χ0) is 13.6. The molecule has 0 saturated heterocycles. The Bertz CT molecular complexity index is 251. The minimum absolute atomic E-state index is 0.198. The summed E-state index contributed by atoms with van der Waals surface area (Å²) in [6, 6.07) is -0.514. The minimum atomic E-state index is -0.514. The largest absolute Gasteiger partial charge is 0.303 e. The van der Waals surface area contributed by atoms with Gasteiger partial charge in [0.15, 0.2) is 0 Å². The topological polar surface area (TPSA) is 60.2 Å². The average molecular weight is 255 g/mol. The van der Waals surface area contributed by atoms with Crippen molar-refractivity contribution >= 4 is 6.29 Å². The van der Waals surface area contributed by atoms with Crippen LogP contribution in [0.1, 0.15) is 64.7 Å². The van der Waals surface area contributed by atoms with Gasteiger partial charge in [-0.3, -0.25) is 10.1 Å². The zero-order valence-corrected chi connectivity index (χ0v) is 11.3. The van der Waals surface area contributed by atoms with Crippen molar-refractivity contribution in [2.75, 3.05) is 0 Å². The molecule has 0 radical (unpaired) electrons. The number of rotatable bonds is 12. The van der Waals surface area contributed by atoms with Crippen LogP contribution < -0.4 is 0 Å². The summed E-state index contributed by atoms with van der Waals surface area (Å²) in [6.45, 7) is 2.04. The zero-order valence-electron chi connectivity index (χ0n) is 11.3. The number of carbonyl (C=O) groups is 1. The molecule has 0 aromatic carbocycles. The molecule has 0 N–H and O–H groups in total. The third-order valence-corrected chi connectivity index (χ3v) is 2.93. The number of carbonyl (C=O) groups excluding carboxylic acids is 1. The van der Waals surface area contributed by atoms with Gasteiger partial charge in [-0.05, 0) is 31.8 Å². The van der Waals surface area contributed by atoms with Gasteiger partial charge in [0.1, 0.15) is 6.29 Å². The van der Waals surface area contributed by atoms with Crippen molar-refractivity contribution in [3.8, 4) is 0 Å². The number of allylic oxidation sites excluding steroid dienone is 1. The van der Waals surface area contributed by atoms with E-state index < -0.39 is 6.04 Å². The van der Waals surface area contributed by atoms with Gasteiger partial charge in [0, 0.05) is 17.8 Å². The Hall–Kier alpha value is -1.19. The second-order valence-electron chi connectivity index (χ2n) is 4.58. The van der Waals surface area contributed by atoms with Crippen LogP contribution in [0, 0.1) is 10.1 Å². The summed E-state index contributed by atoms with van der Waals surface area (Å²) in [6.07, 6.45) is 12.9. The van der Waals surface area contributed by atoms with Crippen molar-refractivity contribution in [1.29, 1.82) is 0 Å². The van der Waals surface area contributed by atoms with Gasteiger partial charge >= 0.3 is 0 Å². The maximum Gasteiger partial charge on any atom is 0.231 e. The molecule has 1 unspecified atom stereocenters. The van der Waals surface area contributed by atoms with E-state index in [9.17, 15) is 14.9 Å². The maximum absolute atomic E-state index is 10.8. The van der Waals surface area contributed by atoms with E-state index in [4.69, 9.17) is 0 Å². The SMILES string of the molecule is CCCCC(/C=C/CCCCCCC=O)[N+](=O)[O-]. The fraction of sp³-hybridized carbons (Fsp3) is 0.786. The number of nitrogens with zero attached hydrogens (tertiary/aromatic N) is 1. The Labute approximate surface area is 110 Å². The van der Waals surface area contributed by atoms with Crippen LogP contribution >= 0.6 is 0 Å². The Morgan fingerprint density at radius 2 is 1.78 bits per heavy atom. The highest BCUT2D eigenvalue weighted by atomic mass is 16.6. The van der Waals surface area contributed by atoms with Gasteiger partial charge in [0.25, 0.3) is 0 Å². The molecule has 104 valence electrons. The number of hydrogen-bond acceptors (Lipinski definition) is 3. The highest BCUT2D eigenvalue weighted by Gasteiger charge is 2.14. The lowest BCUT2D eigenvalue weighted by atomic mass is 10.1. The van der Waals surface area contributed by atoms with E-state index in [1.54, 1.807) is 6.08 Å². The monoisotopic (exact) mass is 255 g/mol. The van der Waals surface area contributed by atoms with E-state index in [1.807, 2.05) is 13.0 Å². The normalized spacial score (nSPS) is 12.7. The van der Waals surface area contributed by atoms with E-state index in [0.717, 1.165) is 51.2 Å². The van der Waals surface area contributed by atoms with E-state index in [1.165, 1.54) is 0 Å². The fourth-order valence-electron chi connectivity index (χ4n) is 1.78. The van der Waals surface area contributed by atoms with Crippen molar-refractivity contribution in [3.05, 3.63) is 22.3 Å². The molecule has 0 aromatic rings. The summed E-state index contributed by atoms with van der Waals surface area (Å²) in [7, 11) is 0. The molecule has 0 bridgehead atoms. The first-order valence-corrected chi connectivity index (χ1v) is 6.96. The van der Waals surface area contributed by atoms with E-state index in [2.05, 4.69) is 0 Å². The molecule has 18 heavy (non-hydrogen) atoms. The van der Waals surface area contributed by atoms with Crippen molar-refractivity contribution in [3.63, 3.8) is 0 Å². The van der Waals surface area contributed by atoms with Crippen LogP contribution in [0.15, 0.2) is 12.2 Å². The first-order chi connectivity index (χ1) is 8.72. The predicted molar refractivity (Wildman–Crippen MR) is 73.2 cm³/mol. The van der Waals surface area contributed by atoms with Gasteiger partial charge in [0.2, 0.25) is 6.04 Å². The first kappa shape index (κ1) is 16.8. The molecule has 4 nitrogen and oxygen atoms in total. The van der Waals surface area contributed by atoms with Crippen LogP contribution in [0.25, 0.3) is 0 Å². The molecular weight excluding hydrogens is 230 g/mol. The van der Waals surface area contributed by atoms with Gasteiger partial charge in [-0.2, -0.15) is 0 Å². The van der Waals surface area contributed by atoms with E-state index in [-0.39, 0.29) is 4.92 Å². The summed E-state index contributed by atoms with van der Waals surface area (Å²) in [4.78, 5) is 20.7. The molecule has 4 heteroatoms. The van der Waals surface area contributed by atoms with Gasteiger partial charge in [-0.15, -0.1) is 0 Å². The van der Waals surface area contributed by atoms with E-state index in [0.29, 0.717) is 12.8 Å². The molecule has 0 aliphatic rings. The highest BCUT2D eigenvalue weighted by molar-refractivity contribution is 5.48. The molecule has 0 saturated carbocycles. The van der Waals surface area contributed by atoms with Gasteiger partial charge < -0.3 is 4.79 Å². The number of hydrogen-bond donors (Lipinski definition) is 0. The summed E-state index contributed by atoms with van der Waals surface area (Å²) < 4.78 is 0. The summed E-state index contributed by atoms with van der Waals surface area (Å²) in [5, 5.41) is 10.8. The Balaban J connectivity index is 3.63. The molecule has 0 rings (SSSR count). The quantitative estimate of drug-likeness (QED) is 0.174. The van der Waals surface area contributed by atoms with Gasteiger partial charge in [-0.25, -0.2) is 0 Å². The van der Waals surface area contributed by atoms with Crippen LogP contribution in [0.4, 0.5) is 0 Å². The van der Waals surface area contributed by atoms with Gasteiger partial charge in [-0.1, -0.05) is 32.3 Å². The predicted octanol–water partition coefficient (Wildman–Crippen LogP) is 3.92. The van der Waals surface area contributed by atoms with Crippen molar-refractivity contribution in [2.45, 2.75) is 70.8 Å². The molecule has 0 aliphatic heterocycles. The Morgan fingerprint density at radius 1 is 1.11 bits per heavy atom. The lowest BCUT2D eigenvalue weighted by Crippen LogP contribution is -2.16. The number of aldehydes is 1. The molecule has 0 fully saturated rings. The Kier molecular flexibility index (Phi) is 11.5. The van der Waals surface area contributed by atoms with Crippen molar-refractivity contribution in [1.82, 2.24) is 0 Å². The van der Waals surface area contributed by atoms with Crippen LogP contribution in [-0.2, 0) is 4.79 Å². The van der Waals surface area contributed by atoms with Crippen LogP contribution in [-0.4, -0.2) is 17.3 Å². The lowest BCUT2D eigenvalue weighted by Gasteiger charge is -2.03. The first-order valence-electron chi connectivity index (χ1n) is 6.96. The Morgan fingerprint density at radius 3 is 2.33 bits per heavy atom. The molecule has 0 aliphatic carbocycles. The number of unbranched alkanes of at least 4 members (excludes halogenated alkanes) is 6.